The van der Waals surface area contributed by atoms with Gasteiger partial charge in [0, 0.05) is 12.5 Å². The minimum absolute atomic E-state index is 0.00593. The Balaban J connectivity index is 2.34. The van der Waals surface area contributed by atoms with Gasteiger partial charge in [0.25, 0.3) is 5.69 Å². The average Bonchev–Trinajstić information content (AvgIpc) is 2.38. The van der Waals surface area contributed by atoms with Crippen LogP contribution in [0.1, 0.15) is 21.5 Å². The molecule has 102 valence electrons. The van der Waals surface area contributed by atoms with Crippen molar-refractivity contribution in [2.45, 2.75) is 13.3 Å². The van der Waals surface area contributed by atoms with E-state index in [0.717, 1.165) is 29.3 Å². The van der Waals surface area contributed by atoms with Crippen LogP contribution >= 0.6 is 0 Å². The second-order valence-electron chi connectivity index (χ2n) is 4.51. The number of carbonyl (C=O) groups is 1. The van der Waals surface area contributed by atoms with E-state index >= 15 is 0 Å². The first-order chi connectivity index (χ1) is 9.47. The van der Waals surface area contributed by atoms with Crippen LogP contribution in [0.5, 0.6) is 0 Å². The molecule has 0 spiro atoms. The highest BCUT2D eigenvalue weighted by atomic mass is 19.1. The molecular formula is C15H12FNO3. The minimum Gasteiger partial charge on any atom is -0.294 e. The van der Waals surface area contributed by atoms with Crippen LogP contribution in [0.25, 0.3) is 0 Å². The van der Waals surface area contributed by atoms with Gasteiger partial charge in [-0.25, -0.2) is 4.39 Å². The van der Waals surface area contributed by atoms with E-state index in [-0.39, 0.29) is 17.7 Å². The van der Waals surface area contributed by atoms with Crippen LogP contribution in [0.3, 0.4) is 0 Å². The fraction of sp³-hybridized carbons (Fsp3) is 0.133. The van der Waals surface area contributed by atoms with Crippen molar-refractivity contribution in [3.63, 3.8) is 0 Å². The number of hydrogen-bond donors (Lipinski definition) is 0. The first kappa shape index (κ1) is 13.9. The lowest BCUT2D eigenvalue weighted by Crippen LogP contribution is -2.07. The van der Waals surface area contributed by atoms with Gasteiger partial charge in [0.05, 0.1) is 10.5 Å². The minimum atomic E-state index is -0.678. The number of carbonyl (C=O) groups excluding carboxylic acids is 1. The summed E-state index contributed by atoms with van der Waals surface area (Å²) in [6, 6.07) is 10.2. The van der Waals surface area contributed by atoms with Gasteiger partial charge in [0.15, 0.2) is 5.78 Å². The molecule has 0 aliphatic rings. The van der Waals surface area contributed by atoms with Gasteiger partial charge < -0.3 is 0 Å². The Hall–Kier alpha value is -2.56. The second kappa shape index (κ2) is 5.61. The molecule has 0 heterocycles. The maximum Gasteiger partial charge on any atom is 0.280 e. The fourth-order valence-electron chi connectivity index (χ4n) is 1.99. The van der Waals surface area contributed by atoms with Crippen molar-refractivity contribution in [3.05, 3.63) is 75.1 Å². The van der Waals surface area contributed by atoms with Gasteiger partial charge in [-0.15, -0.1) is 0 Å². The molecule has 0 aliphatic heterocycles. The zero-order valence-electron chi connectivity index (χ0n) is 10.8. The maximum absolute atomic E-state index is 13.2. The van der Waals surface area contributed by atoms with Crippen LogP contribution in [0.15, 0.2) is 42.5 Å². The molecule has 0 aromatic heterocycles. The topological polar surface area (TPSA) is 60.2 Å². The summed E-state index contributed by atoms with van der Waals surface area (Å²) < 4.78 is 13.2. The van der Waals surface area contributed by atoms with Crippen molar-refractivity contribution in [3.8, 4) is 0 Å². The number of benzene rings is 2. The Morgan fingerprint density at radius 3 is 2.65 bits per heavy atom. The summed E-state index contributed by atoms with van der Waals surface area (Å²) in [6.45, 7) is 1.89. The van der Waals surface area contributed by atoms with Gasteiger partial charge in [-0.1, -0.05) is 29.8 Å². The van der Waals surface area contributed by atoms with E-state index in [9.17, 15) is 19.3 Å². The Morgan fingerprint density at radius 2 is 2.00 bits per heavy atom. The van der Waals surface area contributed by atoms with Crippen LogP contribution < -0.4 is 0 Å². The van der Waals surface area contributed by atoms with Crippen LogP contribution in [-0.2, 0) is 6.42 Å². The summed E-state index contributed by atoms with van der Waals surface area (Å²) in [5.74, 6) is -1.13. The molecule has 0 fully saturated rings. The number of nitrogens with zero attached hydrogens (tertiary/aromatic N) is 1. The molecule has 0 amide bonds. The monoisotopic (exact) mass is 273 g/mol. The molecule has 4 nitrogen and oxygen atoms in total. The van der Waals surface area contributed by atoms with E-state index in [1.807, 2.05) is 19.1 Å². The number of ketones is 1. The first-order valence-corrected chi connectivity index (χ1v) is 6.00. The molecule has 0 saturated heterocycles. The zero-order chi connectivity index (χ0) is 14.7. The lowest BCUT2D eigenvalue weighted by molar-refractivity contribution is -0.385. The van der Waals surface area contributed by atoms with Crippen molar-refractivity contribution < 1.29 is 14.1 Å². The number of rotatable bonds is 4. The average molecular weight is 273 g/mol. The van der Waals surface area contributed by atoms with Gasteiger partial charge in [0.2, 0.25) is 0 Å². The highest BCUT2D eigenvalue weighted by Crippen LogP contribution is 2.21. The zero-order valence-corrected chi connectivity index (χ0v) is 10.8. The summed E-state index contributed by atoms with van der Waals surface area (Å²) in [7, 11) is 0. The predicted molar refractivity (Wildman–Crippen MR) is 72.3 cm³/mol. The molecule has 0 unspecified atom stereocenters. The second-order valence-corrected chi connectivity index (χ2v) is 4.51. The fourth-order valence-corrected chi connectivity index (χ4v) is 1.99. The van der Waals surface area contributed by atoms with E-state index in [1.165, 1.54) is 0 Å². The Kier molecular flexibility index (Phi) is 3.89. The van der Waals surface area contributed by atoms with Crippen molar-refractivity contribution in [2.24, 2.45) is 0 Å². The third kappa shape index (κ3) is 3.06. The molecule has 2 rings (SSSR count). The van der Waals surface area contributed by atoms with Gasteiger partial charge in [-0.05, 0) is 24.6 Å². The number of hydrogen-bond acceptors (Lipinski definition) is 3. The molecule has 0 radical (unpaired) electrons. The number of nitro benzene ring substituents is 1. The molecule has 5 heteroatoms. The van der Waals surface area contributed by atoms with Gasteiger partial charge in [-0.2, -0.15) is 0 Å². The third-order valence-corrected chi connectivity index (χ3v) is 2.90. The first-order valence-electron chi connectivity index (χ1n) is 6.00. The molecule has 20 heavy (non-hydrogen) atoms. The van der Waals surface area contributed by atoms with Gasteiger partial charge >= 0.3 is 0 Å². The van der Waals surface area contributed by atoms with Crippen LogP contribution in [0.4, 0.5) is 10.1 Å². The van der Waals surface area contributed by atoms with E-state index < -0.39 is 16.5 Å². The van der Waals surface area contributed by atoms with Gasteiger partial charge in [0.1, 0.15) is 5.82 Å². The van der Waals surface area contributed by atoms with E-state index in [2.05, 4.69) is 0 Å². The van der Waals surface area contributed by atoms with Gasteiger partial charge in [-0.3, -0.25) is 14.9 Å². The standard InChI is InChI=1S/C15H12FNO3/c1-10-3-2-4-11(7-10)8-15(18)13-9-12(16)5-6-14(13)17(19)20/h2-7,9H,8H2,1H3. The molecule has 2 aromatic carbocycles. The third-order valence-electron chi connectivity index (χ3n) is 2.90. The lowest BCUT2D eigenvalue weighted by atomic mass is 10.0. The molecule has 2 aromatic rings. The maximum atomic E-state index is 13.2. The number of nitro groups is 1. The van der Waals surface area contributed by atoms with Crippen molar-refractivity contribution in [2.75, 3.05) is 0 Å². The van der Waals surface area contributed by atoms with Crippen LogP contribution in [0.2, 0.25) is 0 Å². The highest BCUT2D eigenvalue weighted by Gasteiger charge is 2.20. The molecule has 0 aliphatic carbocycles. The Morgan fingerprint density at radius 1 is 1.25 bits per heavy atom. The summed E-state index contributed by atoms with van der Waals surface area (Å²) in [6.07, 6.45) is 0.00593. The molecule has 0 saturated carbocycles. The quantitative estimate of drug-likeness (QED) is 0.487. The van der Waals surface area contributed by atoms with Crippen LogP contribution in [-0.4, -0.2) is 10.7 Å². The van der Waals surface area contributed by atoms with Crippen molar-refractivity contribution in [1.29, 1.82) is 0 Å². The van der Waals surface area contributed by atoms with Crippen LogP contribution in [0, 0.1) is 22.9 Å². The summed E-state index contributed by atoms with van der Waals surface area (Å²) in [5.41, 5.74) is 1.16. The predicted octanol–water partition coefficient (Wildman–Crippen LogP) is 3.47. The largest absolute Gasteiger partial charge is 0.294 e. The molecule has 0 N–H and O–H groups in total. The highest BCUT2D eigenvalue weighted by molar-refractivity contribution is 6.01. The summed E-state index contributed by atoms with van der Waals surface area (Å²) >= 11 is 0. The molecule has 0 bridgehead atoms. The number of Topliss-reactive ketones (excluding diaryl/α,β-unsaturated/α-hetero) is 1. The molecular weight excluding hydrogens is 261 g/mol. The summed E-state index contributed by atoms with van der Waals surface area (Å²) in [5, 5.41) is 10.9. The summed E-state index contributed by atoms with van der Waals surface area (Å²) in [4.78, 5) is 22.3. The van der Waals surface area contributed by atoms with E-state index in [0.29, 0.717) is 0 Å². The van der Waals surface area contributed by atoms with Crippen molar-refractivity contribution >= 4 is 11.5 Å². The Labute approximate surface area is 115 Å². The van der Waals surface area contributed by atoms with E-state index in [4.69, 9.17) is 0 Å². The number of halogens is 1. The molecule has 0 atom stereocenters. The SMILES string of the molecule is Cc1cccc(CC(=O)c2cc(F)ccc2[N+](=O)[O-])c1. The normalized spacial score (nSPS) is 10.3. The number of aryl methyl sites for hydroxylation is 1. The Bertz CT molecular complexity index is 683. The van der Waals surface area contributed by atoms with E-state index in [1.54, 1.807) is 12.1 Å². The smallest absolute Gasteiger partial charge is 0.280 e. The van der Waals surface area contributed by atoms with Crippen molar-refractivity contribution in [1.82, 2.24) is 0 Å². The lowest BCUT2D eigenvalue weighted by Gasteiger charge is -2.04.